The van der Waals surface area contributed by atoms with Crippen molar-refractivity contribution >= 4 is 23.3 Å². The molecule has 1 N–H and O–H groups in total. The predicted octanol–water partition coefficient (Wildman–Crippen LogP) is 2.74. The van der Waals surface area contributed by atoms with Crippen molar-refractivity contribution in [1.29, 1.82) is 0 Å². The lowest BCUT2D eigenvalue weighted by Crippen LogP contribution is -2.21. The number of rotatable bonds is 6. The Hall–Kier alpha value is -3.29. The number of benzene rings is 1. The topological polar surface area (TPSA) is 98.5 Å². The molecule has 0 radical (unpaired) electrons. The van der Waals surface area contributed by atoms with Gasteiger partial charge in [-0.1, -0.05) is 26.0 Å². The fourth-order valence-corrected chi connectivity index (χ4v) is 2.52. The van der Waals surface area contributed by atoms with Crippen molar-refractivity contribution in [2.75, 3.05) is 11.9 Å². The van der Waals surface area contributed by atoms with Gasteiger partial charge in [0.25, 0.3) is 17.5 Å². The predicted molar refractivity (Wildman–Crippen MR) is 99.6 cm³/mol. The molecule has 27 heavy (non-hydrogen) atoms. The lowest BCUT2D eigenvalue weighted by Gasteiger charge is -2.10. The average molecular weight is 367 g/mol. The number of fused-ring (bicyclic) bond motifs is 1. The summed E-state index contributed by atoms with van der Waals surface area (Å²) in [7, 11) is 0. The molecule has 0 aliphatic heterocycles. The first kappa shape index (κ1) is 18.5. The first-order chi connectivity index (χ1) is 13.0. The van der Waals surface area contributed by atoms with E-state index in [0.29, 0.717) is 17.4 Å². The second-order valence-corrected chi connectivity index (χ2v) is 6.29. The Morgan fingerprint density at radius 2 is 1.96 bits per heavy atom. The van der Waals surface area contributed by atoms with E-state index in [0.717, 1.165) is 12.1 Å². The van der Waals surface area contributed by atoms with Gasteiger partial charge in [-0.25, -0.2) is 14.3 Å². The van der Waals surface area contributed by atoms with Crippen LogP contribution in [0.4, 0.5) is 5.69 Å². The molecule has 2 heterocycles. The quantitative estimate of drug-likeness (QED) is 0.673. The largest absolute Gasteiger partial charge is 0.450 e. The fraction of sp³-hybridized carbons (Fsp3) is 0.316. The van der Waals surface area contributed by atoms with Gasteiger partial charge in [-0.05, 0) is 43.0 Å². The number of esters is 1. The molecule has 140 valence electrons. The highest BCUT2D eigenvalue weighted by Crippen LogP contribution is 2.20. The van der Waals surface area contributed by atoms with Gasteiger partial charge in [0.2, 0.25) is 0 Å². The van der Waals surface area contributed by atoms with E-state index >= 15 is 0 Å². The molecule has 0 saturated carbocycles. The molecule has 1 amide bonds. The van der Waals surface area contributed by atoms with Crippen molar-refractivity contribution < 1.29 is 14.3 Å². The molecule has 0 aliphatic carbocycles. The van der Waals surface area contributed by atoms with Crippen molar-refractivity contribution in [1.82, 2.24) is 19.6 Å². The number of ether oxygens (including phenoxy) is 1. The molecular formula is C19H21N5O3. The van der Waals surface area contributed by atoms with Crippen molar-refractivity contribution in [2.45, 2.75) is 33.1 Å². The van der Waals surface area contributed by atoms with Gasteiger partial charge < -0.3 is 10.1 Å². The van der Waals surface area contributed by atoms with Crippen LogP contribution in [0.5, 0.6) is 0 Å². The summed E-state index contributed by atoms with van der Waals surface area (Å²) in [6, 6.07) is 9.37. The molecule has 8 nitrogen and oxygen atoms in total. The number of hydrogen-bond acceptors (Lipinski definition) is 6. The minimum Gasteiger partial charge on any atom is -0.450 e. The molecule has 0 saturated heterocycles. The van der Waals surface area contributed by atoms with Crippen LogP contribution in [0.15, 0.2) is 36.5 Å². The fourth-order valence-electron chi connectivity index (χ4n) is 2.52. The molecule has 0 fully saturated rings. The normalized spacial score (nSPS) is 12.0. The third-order valence-corrected chi connectivity index (χ3v) is 4.32. The highest BCUT2D eigenvalue weighted by atomic mass is 16.5. The Morgan fingerprint density at radius 3 is 2.63 bits per heavy atom. The number of carbonyl (C=O) groups excluding carboxylic acids is 2. The van der Waals surface area contributed by atoms with Crippen LogP contribution in [0.1, 0.15) is 48.1 Å². The summed E-state index contributed by atoms with van der Waals surface area (Å²) in [6.07, 6.45) is 2.63. The number of hydrogen-bond donors (Lipinski definition) is 1. The zero-order chi connectivity index (χ0) is 19.4. The van der Waals surface area contributed by atoms with Crippen molar-refractivity contribution in [3.8, 4) is 0 Å². The Kier molecular flexibility index (Phi) is 5.44. The van der Waals surface area contributed by atoms with Crippen molar-refractivity contribution in [2.24, 2.45) is 0 Å². The van der Waals surface area contributed by atoms with E-state index in [4.69, 9.17) is 4.74 Å². The minimum absolute atomic E-state index is 0.137. The van der Waals surface area contributed by atoms with E-state index in [1.54, 1.807) is 12.3 Å². The van der Waals surface area contributed by atoms with Gasteiger partial charge in [-0.15, -0.1) is 5.10 Å². The standard InChI is InChI=1S/C19H21N5O3/c1-4-12(2)14-5-7-15(8-6-14)21-16(25)11-27-18(26)17-22-19-20-10-9-13(3)24(19)23-17/h5-10,12H,4,11H2,1-3H3,(H,21,25)/t12-/m0/s1. The summed E-state index contributed by atoms with van der Waals surface area (Å²) < 4.78 is 6.43. The van der Waals surface area contributed by atoms with Crippen LogP contribution in [0.2, 0.25) is 0 Å². The Balaban J connectivity index is 1.56. The van der Waals surface area contributed by atoms with Gasteiger partial charge in [0.15, 0.2) is 6.61 Å². The highest BCUT2D eigenvalue weighted by Gasteiger charge is 2.17. The first-order valence-corrected chi connectivity index (χ1v) is 8.73. The first-order valence-electron chi connectivity index (χ1n) is 8.73. The number of nitrogens with zero attached hydrogens (tertiary/aromatic N) is 4. The highest BCUT2D eigenvalue weighted by molar-refractivity contribution is 5.94. The average Bonchev–Trinajstić information content (AvgIpc) is 3.12. The smallest absolute Gasteiger partial charge is 0.378 e. The van der Waals surface area contributed by atoms with Gasteiger partial charge >= 0.3 is 5.97 Å². The van der Waals surface area contributed by atoms with Gasteiger partial charge in [0, 0.05) is 17.6 Å². The number of aryl methyl sites for hydroxylation is 1. The van der Waals surface area contributed by atoms with Gasteiger partial charge in [0.05, 0.1) is 0 Å². The van der Waals surface area contributed by atoms with Gasteiger partial charge in [-0.2, -0.15) is 4.98 Å². The zero-order valence-corrected chi connectivity index (χ0v) is 15.5. The van der Waals surface area contributed by atoms with Crippen LogP contribution in [0.25, 0.3) is 5.78 Å². The van der Waals surface area contributed by atoms with Crippen LogP contribution in [-0.2, 0) is 9.53 Å². The summed E-state index contributed by atoms with van der Waals surface area (Å²) in [5.74, 6) is -0.582. The summed E-state index contributed by atoms with van der Waals surface area (Å²) >= 11 is 0. The number of nitrogens with one attached hydrogen (secondary N) is 1. The third kappa shape index (κ3) is 4.28. The lowest BCUT2D eigenvalue weighted by molar-refractivity contribution is -0.119. The Bertz CT molecular complexity index is 965. The van der Waals surface area contributed by atoms with E-state index in [2.05, 4.69) is 34.2 Å². The lowest BCUT2D eigenvalue weighted by atomic mass is 9.99. The molecule has 1 aromatic carbocycles. The van der Waals surface area contributed by atoms with Crippen LogP contribution < -0.4 is 5.32 Å². The van der Waals surface area contributed by atoms with Crippen LogP contribution in [0.3, 0.4) is 0 Å². The van der Waals surface area contributed by atoms with E-state index in [1.165, 1.54) is 10.1 Å². The molecule has 0 unspecified atom stereocenters. The second-order valence-electron chi connectivity index (χ2n) is 6.29. The number of carbonyl (C=O) groups is 2. The third-order valence-electron chi connectivity index (χ3n) is 4.32. The number of aromatic nitrogens is 4. The maximum atomic E-state index is 12.1. The van der Waals surface area contributed by atoms with E-state index in [9.17, 15) is 9.59 Å². The molecule has 0 spiro atoms. The zero-order valence-electron chi connectivity index (χ0n) is 15.5. The molecule has 8 heteroatoms. The summed E-state index contributed by atoms with van der Waals surface area (Å²) in [5.41, 5.74) is 2.64. The monoisotopic (exact) mass is 367 g/mol. The number of anilines is 1. The molecule has 1 atom stereocenters. The van der Waals surface area contributed by atoms with Gasteiger partial charge in [0.1, 0.15) is 0 Å². The molecule has 3 aromatic rings. The van der Waals surface area contributed by atoms with E-state index < -0.39 is 18.5 Å². The summed E-state index contributed by atoms with van der Waals surface area (Å²) in [6.45, 7) is 5.67. The van der Waals surface area contributed by atoms with Crippen molar-refractivity contribution in [3.05, 3.63) is 53.6 Å². The number of amides is 1. The molecular weight excluding hydrogens is 346 g/mol. The van der Waals surface area contributed by atoms with Crippen LogP contribution in [0, 0.1) is 6.92 Å². The molecule has 2 aromatic heterocycles. The molecule has 0 aliphatic rings. The summed E-state index contributed by atoms with van der Waals surface area (Å²) in [4.78, 5) is 32.1. The maximum absolute atomic E-state index is 12.1. The molecule has 0 bridgehead atoms. The minimum atomic E-state index is -0.776. The summed E-state index contributed by atoms with van der Waals surface area (Å²) in [5, 5.41) is 6.74. The van der Waals surface area contributed by atoms with E-state index in [1.807, 2.05) is 31.2 Å². The van der Waals surface area contributed by atoms with Crippen LogP contribution >= 0.6 is 0 Å². The second kappa shape index (κ2) is 7.94. The Labute approximate surface area is 156 Å². The van der Waals surface area contributed by atoms with Gasteiger partial charge in [-0.3, -0.25) is 4.79 Å². The SMILES string of the molecule is CC[C@H](C)c1ccc(NC(=O)COC(=O)c2nc3nccc(C)n3n2)cc1. The Morgan fingerprint density at radius 1 is 1.22 bits per heavy atom. The molecule has 3 rings (SSSR count). The maximum Gasteiger partial charge on any atom is 0.378 e. The van der Waals surface area contributed by atoms with Crippen molar-refractivity contribution in [3.63, 3.8) is 0 Å². The van der Waals surface area contributed by atoms with E-state index in [-0.39, 0.29) is 5.82 Å². The van der Waals surface area contributed by atoms with Crippen LogP contribution in [-0.4, -0.2) is 38.1 Å².